The number of anilines is 2. The van der Waals surface area contributed by atoms with Crippen LogP contribution < -0.4 is 16.0 Å². The van der Waals surface area contributed by atoms with E-state index in [1.807, 2.05) is 55.7 Å². The Kier molecular flexibility index (Phi) is 6.03. The van der Waals surface area contributed by atoms with Crippen molar-refractivity contribution in [3.63, 3.8) is 0 Å². The van der Waals surface area contributed by atoms with Gasteiger partial charge in [-0.05, 0) is 61.6 Å². The minimum absolute atomic E-state index is 0.259. The average Bonchev–Trinajstić information content (AvgIpc) is 3.24. The maximum atomic E-state index is 12.9. The van der Waals surface area contributed by atoms with Crippen molar-refractivity contribution in [2.45, 2.75) is 26.2 Å². The van der Waals surface area contributed by atoms with Crippen molar-refractivity contribution in [3.05, 3.63) is 84.4 Å². The van der Waals surface area contributed by atoms with E-state index in [2.05, 4.69) is 33.9 Å². The molecule has 2 heterocycles. The van der Waals surface area contributed by atoms with Gasteiger partial charge in [-0.25, -0.2) is 0 Å². The van der Waals surface area contributed by atoms with Crippen molar-refractivity contribution >= 4 is 22.9 Å². The van der Waals surface area contributed by atoms with Crippen LogP contribution in [0, 0.1) is 0 Å². The molecule has 0 spiro atoms. The second kappa shape index (κ2) is 9.04. The third kappa shape index (κ3) is 4.77. The molecular weight excluding hydrogens is 384 g/mol. The zero-order valence-electron chi connectivity index (χ0n) is 17.9. The van der Waals surface area contributed by atoms with Gasteiger partial charge < -0.3 is 16.0 Å². The standard InChI is InChI=1S/C26H28N4O/c1-18-7-3-4-8-22(13-18)29-26(31)19(2)24-15-20(9-10-25(24)27)21-14-23(17-28-16-21)30-11-5-6-12-30/h3,7-10,13-17H,2,4-6,11-12,27H2,1H3,(H,29,31). The normalized spacial score (nSPS) is 15.8. The predicted molar refractivity (Wildman–Crippen MR) is 128 cm³/mol. The fourth-order valence-corrected chi connectivity index (χ4v) is 3.95. The summed E-state index contributed by atoms with van der Waals surface area (Å²) in [4.78, 5) is 19.7. The number of carbonyl (C=O) groups excluding carboxylic acids is 1. The number of nitrogen functional groups attached to an aromatic ring is 1. The molecule has 1 aromatic carbocycles. The van der Waals surface area contributed by atoms with E-state index in [0.29, 0.717) is 16.8 Å². The van der Waals surface area contributed by atoms with Crippen LogP contribution in [0.5, 0.6) is 0 Å². The van der Waals surface area contributed by atoms with Crippen LogP contribution in [0.4, 0.5) is 11.4 Å². The summed E-state index contributed by atoms with van der Waals surface area (Å²) in [7, 11) is 0. The molecule has 158 valence electrons. The molecule has 0 radical (unpaired) electrons. The highest BCUT2D eigenvalue weighted by Gasteiger charge is 2.16. The van der Waals surface area contributed by atoms with E-state index in [0.717, 1.165) is 47.6 Å². The molecule has 31 heavy (non-hydrogen) atoms. The highest BCUT2D eigenvalue weighted by atomic mass is 16.1. The second-order valence-electron chi connectivity index (χ2n) is 8.05. The Morgan fingerprint density at radius 1 is 1.16 bits per heavy atom. The van der Waals surface area contributed by atoms with Crippen LogP contribution in [0.1, 0.15) is 31.7 Å². The van der Waals surface area contributed by atoms with Crippen molar-refractivity contribution in [2.75, 3.05) is 23.7 Å². The van der Waals surface area contributed by atoms with Crippen molar-refractivity contribution in [1.82, 2.24) is 10.3 Å². The van der Waals surface area contributed by atoms with E-state index < -0.39 is 0 Å². The number of amides is 1. The van der Waals surface area contributed by atoms with Gasteiger partial charge in [-0.3, -0.25) is 9.78 Å². The summed E-state index contributed by atoms with van der Waals surface area (Å²) in [6, 6.07) is 7.85. The van der Waals surface area contributed by atoms with Crippen molar-refractivity contribution in [2.24, 2.45) is 0 Å². The van der Waals surface area contributed by atoms with Crippen LogP contribution in [0.2, 0.25) is 0 Å². The number of rotatable bonds is 5. The number of nitrogens with two attached hydrogens (primary N) is 1. The minimum Gasteiger partial charge on any atom is -0.398 e. The molecule has 1 fully saturated rings. The first kappa shape index (κ1) is 20.7. The van der Waals surface area contributed by atoms with Gasteiger partial charge in [-0.15, -0.1) is 0 Å². The Hall–Kier alpha value is -3.60. The lowest BCUT2D eigenvalue weighted by atomic mass is 9.98. The Balaban J connectivity index is 1.57. The van der Waals surface area contributed by atoms with E-state index in [1.54, 1.807) is 0 Å². The van der Waals surface area contributed by atoms with Crippen LogP contribution in [0.15, 0.2) is 78.8 Å². The van der Waals surface area contributed by atoms with Gasteiger partial charge in [0.25, 0.3) is 5.91 Å². The molecule has 2 aliphatic rings. The molecule has 0 atom stereocenters. The molecule has 5 heteroatoms. The quantitative estimate of drug-likeness (QED) is 0.544. The van der Waals surface area contributed by atoms with E-state index in [1.165, 1.54) is 12.8 Å². The predicted octanol–water partition coefficient (Wildman–Crippen LogP) is 4.85. The van der Waals surface area contributed by atoms with Gasteiger partial charge in [0.2, 0.25) is 0 Å². The summed E-state index contributed by atoms with van der Waals surface area (Å²) in [6.45, 7) is 8.16. The number of hydrogen-bond donors (Lipinski definition) is 2. The number of allylic oxidation sites excluding steroid dienone is 5. The van der Waals surface area contributed by atoms with Crippen LogP contribution in [0.25, 0.3) is 16.7 Å². The summed E-state index contributed by atoms with van der Waals surface area (Å²) in [5, 5.41) is 2.95. The van der Waals surface area contributed by atoms with Gasteiger partial charge in [0.15, 0.2) is 0 Å². The molecule has 1 saturated heterocycles. The van der Waals surface area contributed by atoms with Crippen LogP contribution in [-0.4, -0.2) is 24.0 Å². The summed E-state index contributed by atoms with van der Waals surface area (Å²) in [5.74, 6) is -0.259. The Morgan fingerprint density at radius 3 is 2.77 bits per heavy atom. The molecule has 5 nitrogen and oxygen atoms in total. The summed E-state index contributed by atoms with van der Waals surface area (Å²) in [5.41, 5.74) is 12.6. The van der Waals surface area contributed by atoms with Gasteiger partial charge in [0, 0.05) is 47.4 Å². The molecule has 3 N–H and O–H groups in total. The van der Waals surface area contributed by atoms with E-state index in [4.69, 9.17) is 5.73 Å². The summed E-state index contributed by atoms with van der Waals surface area (Å²) in [6.07, 6.45) is 15.0. The molecular formula is C26H28N4O. The van der Waals surface area contributed by atoms with Crippen LogP contribution >= 0.6 is 0 Å². The van der Waals surface area contributed by atoms with Gasteiger partial charge >= 0.3 is 0 Å². The number of hydrogen-bond acceptors (Lipinski definition) is 4. The number of pyridine rings is 1. The molecule has 0 bridgehead atoms. The molecule has 4 rings (SSSR count). The highest BCUT2D eigenvalue weighted by Crippen LogP contribution is 2.30. The lowest BCUT2D eigenvalue weighted by Crippen LogP contribution is -2.23. The maximum Gasteiger partial charge on any atom is 0.255 e. The van der Waals surface area contributed by atoms with Gasteiger partial charge in [0.05, 0.1) is 11.9 Å². The van der Waals surface area contributed by atoms with Crippen LogP contribution in [0.3, 0.4) is 0 Å². The van der Waals surface area contributed by atoms with Gasteiger partial charge in [-0.1, -0.05) is 30.9 Å². The third-order valence-electron chi connectivity index (χ3n) is 5.68. The maximum absolute atomic E-state index is 12.9. The molecule has 2 aromatic rings. The number of aromatic nitrogens is 1. The first-order valence-corrected chi connectivity index (χ1v) is 10.7. The molecule has 1 aliphatic carbocycles. The van der Waals surface area contributed by atoms with Gasteiger partial charge in [0.1, 0.15) is 0 Å². The Bertz CT molecular complexity index is 1100. The SMILES string of the molecule is C=C(C(=O)NC1=CCC=CC(C)=C1)c1cc(-c2cncc(N3CCCC3)c2)ccc1N. The van der Waals surface area contributed by atoms with E-state index in [-0.39, 0.29) is 5.91 Å². The summed E-state index contributed by atoms with van der Waals surface area (Å²) >= 11 is 0. The second-order valence-corrected chi connectivity index (χ2v) is 8.05. The number of benzene rings is 1. The zero-order chi connectivity index (χ0) is 21.8. The molecule has 1 aromatic heterocycles. The van der Waals surface area contributed by atoms with Crippen LogP contribution in [-0.2, 0) is 4.79 Å². The Labute approximate surface area is 183 Å². The topological polar surface area (TPSA) is 71.2 Å². The minimum atomic E-state index is -0.259. The summed E-state index contributed by atoms with van der Waals surface area (Å²) < 4.78 is 0. The average molecular weight is 413 g/mol. The van der Waals surface area contributed by atoms with Crippen molar-refractivity contribution < 1.29 is 4.79 Å². The Morgan fingerprint density at radius 2 is 1.97 bits per heavy atom. The lowest BCUT2D eigenvalue weighted by molar-refractivity contribution is -0.114. The zero-order valence-corrected chi connectivity index (χ0v) is 17.9. The fourth-order valence-electron chi connectivity index (χ4n) is 3.95. The first-order valence-electron chi connectivity index (χ1n) is 10.7. The first-order chi connectivity index (χ1) is 15.0. The smallest absolute Gasteiger partial charge is 0.255 e. The fraction of sp³-hybridized carbons (Fsp3) is 0.231. The molecule has 1 aliphatic heterocycles. The number of nitrogens with zero attached hydrogens (tertiary/aromatic N) is 2. The highest BCUT2D eigenvalue weighted by molar-refractivity contribution is 6.21. The molecule has 0 saturated carbocycles. The molecule has 0 unspecified atom stereocenters. The van der Waals surface area contributed by atoms with E-state index >= 15 is 0 Å². The van der Waals surface area contributed by atoms with E-state index in [9.17, 15) is 4.79 Å². The number of carbonyl (C=O) groups is 1. The molecule has 1 amide bonds. The number of nitrogens with one attached hydrogen (secondary N) is 1. The van der Waals surface area contributed by atoms with Gasteiger partial charge in [-0.2, -0.15) is 0 Å². The third-order valence-corrected chi connectivity index (χ3v) is 5.68. The largest absolute Gasteiger partial charge is 0.398 e. The lowest BCUT2D eigenvalue weighted by Gasteiger charge is -2.18. The monoisotopic (exact) mass is 412 g/mol. The van der Waals surface area contributed by atoms with Crippen molar-refractivity contribution in [1.29, 1.82) is 0 Å². The van der Waals surface area contributed by atoms with Crippen molar-refractivity contribution in [3.8, 4) is 11.1 Å².